The number of ether oxygens (including phenoxy) is 1. The lowest BCUT2D eigenvalue weighted by Gasteiger charge is -2.25. The second-order valence-corrected chi connectivity index (χ2v) is 9.07. The number of fused-ring (bicyclic) bond motifs is 1. The average Bonchev–Trinajstić information content (AvgIpc) is 3.27. The minimum absolute atomic E-state index is 0.0137. The van der Waals surface area contributed by atoms with E-state index in [1.807, 2.05) is 18.4 Å². The van der Waals surface area contributed by atoms with Crippen molar-refractivity contribution in [2.24, 2.45) is 0 Å². The molecule has 1 heterocycles. The number of allylic oxidation sites excluding steroid dienone is 1. The zero-order valence-electron chi connectivity index (χ0n) is 20.8. The van der Waals surface area contributed by atoms with Crippen molar-refractivity contribution in [2.75, 3.05) is 49.7 Å². The van der Waals surface area contributed by atoms with E-state index in [0.717, 1.165) is 35.9 Å². The molecule has 0 unspecified atom stereocenters. The Bertz CT molecular complexity index is 1180. The van der Waals surface area contributed by atoms with E-state index in [1.54, 1.807) is 56.1 Å². The number of hydrogen-bond acceptors (Lipinski definition) is 8. The summed E-state index contributed by atoms with van der Waals surface area (Å²) in [5.41, 5.74) is 2.85. The Morgan fingerprint density at radius 3 is 2.72 bits per heavy atom. The standard InChI is InChI=1S/C26H31FN4O4S/c1-17-8-9-20(19(27)16-17)29-25(30(2)3)24(26(34)28-12-15-33)23(11-14-32)35-22-7-5-6-21-18(22)10-13-31(21)36-4/h5-9,11,14,16,29,33H,10,12-13,15H2,1-4H3,(H,28,34)/b23-11+,25-24+. The van der Waals surface area contributed by atoms with Crippen LogP contribution in [-0.4, -0.2) is 62.2 Å². The molecule has 2 aromatic carbocycles. The van der Waals surface area contributed by atoms with Crippen molar-refractivity contribution in [3.05, 3.63) is 76.6 Å². The van der Waals surface area contributed by atoms with E-state index in [1.165, 1.54) is 6.07 Å². The van der Waals surface area contributed by atoms with Gasteiger partial charge in [0, 0.05) is 45.1 Å². The molecule has 1 amide bonds. The van der Waals surface area contributed by atoms with E-state index in [4.69, 9.17) is 4.74 Å². The summed E-state index contributed by atoms with van der Waals surface area (Å²) >= 11 is 1.60. The van der Waals surface area contributed by atoms with Gasteiger partial charge in [0.1, 0.15) is 35.0 Å². The minimum atomic E-state index is -0.598. The summed E-state index contributed by atoms with van der Waals surface area (Å²) in [5, 5.41) is 14.9. The third-order valence-corrected chi connectivity index (χ3v) is 6.35. The molecule has 36 heavy (non-hydrogen) atoms. The molecule has 3 rings (SSSR count). The number of carbonyl (C=O) groups is 2. The second kappa shape index (κ2) is 12.5. The Kier molecular flexibility index (Phi) is 9.38. The summed E-state index contributed by atoms with van der Waals surface area (Å²) in [6.07, 6.45) is 4.42. The summed E-state index contributed by atoms with van der Waals surface area (Å²) in [4.78, 5) is 26.6. The third kappa shape index (κ3) is 6.19. The molecule has 0 bridgehead atoms. The fourth-order valence-corrected chi connectivity index (χ4v) is 4.49. The number of anilines is 2. The number of benzene rings is 2. The Hall–Kier alpha value is -3.50. The van der Waals surface area contributed by atoms with Crippen molar-refractivity contribution >= 4 is 35.5 Å². The summed E-state index contributed by atoms with van der Waals surface area (Å²) in [7, 11) is 3.37. The topological polar surface area (TPSA) is 94.1 Å². The Balaban J connectivity index is 2.13. The number of rotatable bonds is 11. The van der Waals surface area contributed by atoms with Crippen LogP contribution in [0.15, 0.2) is 59.6 Å². The highest BCUT2D eigenvalue weighted by molar-refractivity contribution is 8.00. The summed E-state index contributed by atoms with van der Waals surface area (Å²) < 4.78 is 23.1. The molecular formula is C26H31FN4O4S. The van der Waals surface area contributed by atoms with Gasteiger partial charge < -0.3 is 29.7 Å². The van der Waals surface area contributed by atoms with Gasteiger partial charge in [0.2, 0.25) is 0 Å². The highest BCUT2D eigenvalue weighted by atomic mass is 32.2. The van der Waals surface area contributed by atoms with Crippen LogP contribution in [-0.2, 0) is 16.0 Å². The normalized spacial score (nSPS) is 13.6. The molecule has 1 aliphatic heterocycles. The monoisotopic (exact) mass is 514 g/mol. The lowest BCUT2D eigenvalue weighted by Crippen LogP contribution is -2.34. The number of aliphatic hydroxyl groups is 1. The Labute approximate surface area is 214 Å². The quantitative estimate of drug-likeness (QED) is 0.138. The molecule has 0 saturated carbocycles. The van der Waals surface area contributed by atoms with Crippen LogP contribution in [0.3, 0.4) is 0 Å². The molecule has 3 N–H and O–H groups in total. The molecule has 0 saturated heterocycles. The lowest BCUT2D eigenvalue weighted by molar-refractivity contribution is -0.117. The van der Waals surface area contributed by atoms with Crippen LogP contribution >= 0.6 is 11.9 Å². The molecule has 0 atom stereocenters. The highest BCUT2D eigenvalue weighted by Gasteiger charge is 2.27. The van der Waals surface area contributed by atoms with Crippen molar-refractivity contribution in [3.8, 4) is 5.75 Å². The predicted molar refractivity (Wildman–Crippen MR) is 141 cm³/mol. The number of amides is 1. The van der Waals surface area contributed by atoms with E-state index in [-0.39, 0.29) is 36.0 Å². The summed E-state index contributed by atoms with van der Waals surface area (Å²) in [5.74, 6) is -0.382. The fraction of sp³-hybridized carbons (Fsp3) is 0.308. The van der Waals surface area contributed by atoms with Crippen LogP contribution in [0.25, 0.3) is 0 Å². The van der Waals surface area contributed by atoms with E-state index in [2.05, 4.69) is 14.9 Å². The largest absolute Gasteiger partial charge is 0.456 e. The van der Waals surface area contributed by atoms with Crippen LogP contribution in [0.1, 0.15) is 11.1 Å². The molecule has 1 aliphatic rings. The average molecular weight is 515 g/mol. The molecule has 0 spiro atoms. The van der Waals surface area contributed by atoms with Crippen LogP contribution in [0.5, 0.6) is 5.75 Å². The van der Waals surface area contributed by atoms with Gasteiger partial charge in [0.25, 0.3) is 5.91 Å². The van der Waals surface area contributed by atoms with Gasteiger partial charge >= 0.3 is 0 Å². The number of aldehydes is 1. The molecule has 10 heteroatoms. The maximum absolute atomic E-state index is 14.7. The SMILES string of the molecule is CSN1CCc2c(OC(=C/C=O)/C(C(=O)NCCO)=C(/Nc3ccc(C)cc3F)N(C)C)cccc21. The van der Waals surface area contributed by atoms with E-state index in [0.29, 0.717) is 12.0 Å². The molecule has 192 valence electrons. The molecular weight excluding hydrogens is 483 g/mol. The van der Waals surface area contributed by atoms with Crippen LogP contribution in [0.2, 0.25) is 0 Å². The van der Waals surface area contributed by atoms with Crippen molar-refractivity contribution in [3.63, 3.8) is 0 Å². The second-order valence-electron chi connectivity index (χ2n) is 8.26. The van der Waals surface area contributed by atoms with E-state index >= 15 is 0 Å². The number of halogens is 1. The number of aliphatic hydroxyl groups excluding tert-OH is 1. The van der Waals surface area contributed by atoms with Gasteiger partial charge in [-0.2, -0.15) is 0 Å². The maximum atomic E-state index is 14.7. The van der Waals surface area contributed by atoms with Gasteiger partial charge in [-0.15, -0.1) is 0 Å². The van der Waals surface area contributed by atoms with Gasteiger partial charge in [-0.3, -0.25) is 9.59 Å². The molecule has 0 fully saturated rings. The fourth-order valence-electron chi connectivity index (χ4n) is 3.85. The van der Waals surface area contributed by atoms with Crippen LogP contribution < -0.4 is 19.7 Å². The smallest absolute Gasteiger partial charge is 0.258 e. The molecule has 0 radical (unpaired) electrons. The first-order chi connectivity index (χ1) is 17.3. The van der Waals surface area contributed by atoms with Crippen molar-refractivity contribution in [1.29, 1.82) is 0 Å². The Morgan fingerprint density at radius 2 is 2.08 bits per heavy atom. The maximum Gasteiger partial charge on any atom is 0.258 e. The van der Waals surface area contributed by atoms with Crippen molar-refractivity contribution in [1.82, 2.24) is 10.2 Å². The van der Waals surface area contributed by atoms with Gasteiger partial charge in [0.15, 0.2) is 0 Å². The molecule has 0 aromatic heterocycles. The van der Waals surface area contributed by atoms with Gasteiger partial charge in [-0.05, 0) is 43.2 Å². The number of nitrogens with one attached hydrogen (secondary N) is 2. The molecule has 2 aromatic rings. The zero-order valence-corrected chi connectivity index (χ0v) is 21.6. The highest BCUT2D eigenvalue weighted by Crippen LogP contribution is 2.39. The first-order valence-corrected chi connectivity index (χ1v) is 12.6. The first-order valence-electron chi connectivity index (χ1n) is 11.4. The summed E-state index contributed by atoms with van der Waals surface area (Å²) in [6, 6.07) is 10.3. The van der Waals surface area contributed by atoms with Crippen molar-refractivity contribution < 1.29 is 23.8 Å². The first kappa shape index (κ1) is 27.1. The third-order valence-electron chi connectivity index (χ3n) is 5.53. The number of nitrogens with zero attached hydrogens (tertiary/aromatic N) is 2. The lowest BCUT2D eigenvalue weighted by atomic mass is 10.1. The van der Waals surface area contributed by atoms with Crippen molar-refractivity contribution in [2.45, 2.75) is 13.3 Å². The number of aryl methyl sites for hydroxylation is 1. The predicted octanol–water partition coefficient (Wildman–Crippen LogP) is 3.23. The minimum Gasteiger partial charge on any atom is -0.456 e. The van der Waals surface area contributed by atoms with Crippen LogP contribution in [0, 0.1) is 12.7 Å². The van der Waals surface area contributed by atoms with E-state index in [9.17, 15) is 19.1 Å². The van der Waals surface area contributed by atoms with Gasteiger partial charge in [-0.1, -0.05) is 24.1 Å². The van der Waals surface area contributed by atoms with Gasteiger partial charge in [-0.25, -0.2) is 4.39 Å². The van der Waals surface area contributed by atoms with Crippen LogP contribution in [0.4, 0.5) is 15.8 Å². The zero-order chi connectivity index (χ0) is 26.2. The Morgan fingerprint density at radius 1 is 1.31 bits per heavy atom. The van der Waals surface area contributed by atoms with E-state index < -0.39 is 11.7 Å². The number of hydrogen-bond donors (Lipinski definition) is 3. The number of carbonyl (C=O) groups excluding carboxylic acids is 2. The van der Waals surface area contributed by atoms with Gasteiger partial charge in [0.05, 0.1) is 18.0 Å². The summed E-state index contributed by atoms with van der Waals surface area (Å²) in [6.45, 7) is 2.29. The molecule has 0 aliphatic carbocycles. The molecule has 8 nitrogen and oxygen atoms in total.